The van der Waals surface area contributed by atoms with E-state index in [0.29, 0.717) is 5.89 Å². The number of benzene rings is 1. The summed E-state index contributed by atoms with van der Waals surface area (Å²) in [7, 11) is 0. The topological polar surface area (TPSA) is 68.5 Å². The summed E-state index contributed by atoms with van der Waals surface area (Å²) in [6, 6.07) is 2.03. The number of aryl methyl sites for hydroxylation is 1. The molecule has 0 bridgehead atoms. The molecule has 1 fully saturated rings. The van der Waals surface area contributed by atoms with E-state index in [1.54, 1.807) is 6.92 Å². The molecule has 9 heteroatoms. The van der Waals surface area contributed by atoms with Crippen LogP contribution in [0.5, 0.6) is 0 Å². The Morgan fingerprint density at radius 1 is 1.39 bits per heavy atom. The summed E-state index contributed by atoms with van der Waals surface area (Å²) in [6.07, 6.45) is -0.590. The first kappa shape index (κ1) is 15.8. The molecule has 0 N–H and O–H groups in total. The standard InChI is InChI=1S/C14H12ClF2N3O3/c1-7-18-19-13(23-7)10-6-20(4-5-22-10)14(21)8-2-3-9(16)11(15)12(8)17/h2-3,10H,4-6H2,1H3. The Kier molecular flexibility index (Phi) is 4.27. The van der Waals surface area contributed by atoms with Gasteiger partial charge >= 0.3 is 0 Å². The lowest BCUT2D eigenvalue weighted by Gasteiger charge is -2.31. The first-order valence-corrected chi connectivity index (χ1v) is 7.19. The lowest BCUT2D eigenvalue weighted by molar-refractivity contribution is -0.0350. The van der Waals surface area contributed by atoms with Crippen molar-refractivity contribution in [3.63, 3.8) is 0 Å². The molecule has 0 spiro atoms. The highest BCUT2D eigenvalue weighted by molar-refractivity contribution is 6.31. The average molecular weight is 344 g/mol. The van der Waals surface area contributed by atoms with Crippen LogP contribution in [0, 0.1) is 18.6 Å². The van der Waals surface area contributed by atoms with Crippen molar-refractivity contribution >= 4 is 17.5 Å². The van der Waals surface area contributed by atoms with E-state index in [0.717, 1.165) is 12.1 Å². The lowest BCUT2D eigenvalue weighted by Crippen LogP contribution is -2.42. The molecule has 2 heterocycles. The molecule has 6 nitrogen and oxygen atoms in total. The third-order valence-corrected chi connectivity index (χ3v) is 3.78. The van der Waals surface area contributed by atoms with E-state index in [4.69, 9.17) is 20.8 Å². The number of rotatable bonds is 2. The van der Waals surface area contributed by atoms with E-state index < -0.39 is 28.7 Å². The van der Waals surface area contributed by atoms with Crippen LogP contribution in [0.4, 0.5) is 8.78 Å². The molecule has 1 aromatic carbocycles. The highest BCUT2D eigenvalue weighted by atomic mass is 35.5. The summed E-state index contributed by atoms with van der Waals surface area (Å²) in [4.78, 5) is 13.8. The monoisotopic (exact) mass is 343 g/mol. The van der Waals surface area contributed by atoms with Crippen molar-refractivity contribution in [3.05, 3.63) is 46.1 Å². The van der Waals surface area contributed by atoms with Gasteiger partial charge in [0.05, 0.1) is 18.7 Å². The molecule has 1 atom stereocenters. The molecule has 1 amide bonds. The van der Waals surface area contributed by atoms with Gasteiger partial charge < -0.3 is 14.1 Å². The van der Waals surface area contributed by atoms with E-state index >= 15 is 0 Å². The molecule has 1 aliphatic heterocycles. The Bertz CT molecular complexity index is 753. The number of carbonyl (C=O) groups is 1. The number of morpholine rings is 1. The number of nitrogens with zero attached hydrogens (tertiary/aromatic N) is 3. The molecule has 1 unspecified atom stereocenters. The van der Waals surface area contributed by atoms with E-state index in [2.05, 4.69) is 10.2 Å². The Balaban J connectivity index is 1.81. The van der Waals surface area contributed by atoms with Gasteiger partial charge in [-0.15, -0.1) is 10.2 Å². The fraction of sp³-hybridized carbons (Fsp3) is 0.357. The zero-order valence-corrected chi connectivity index (χ0v) is 12.8. The van der Waals surface area contributed by atoms with E-state index in [9.17, 15) is 13.6 Å². The summed E-state index contributed by atoms with van der Waals surface area (Å²) in [5.74, 6) is -1.97. The molecule has 1 aromatic heterocycles. The van der Waals surface area contributed by atoms with Crippen molar-refractivity contribution in [2.45, 2.75) is 13.0 Å². The van der Waals surface area contributed by atoms with Gasteiger partial charge in [0.25, 0.3) is 5.91 Å². The molecule has 1 saturated heterocycles. The second-order valence-corrected chi connectivity index (χ2v) is 5.37. The van der Waals surface area contributed by atoms with Gasteiger partial charge in [-0.1, -0.05) is 11.6 Å². The smallest absolute Gasteiger partial charge is 0.257 e. The van der Waals surface area contributed by atoms with Crippen LogP contribution in [0.2, 0.25) is 5.02 Å². The number of hydrogen-bond donors (Lipinski definition) is 0. The van der Waals surface area contributed by atoms with Crippen LogP contribution in [0.1, 0.15) is 28.2 Å². The van der Waals surface area contributed by atoms with Gasteiger partial charge in [-0.05, 0) is 12.1 Å². The normalized spacial score (nSPS) is 18.3. The fourth-order valence-corrected chi connectivity index (χ4v) is 2.45. The van der Waals surface area contributed by atoms with Crippen LogP contribution < -0.4 is 0 Å². The molecule has 0 radical (unpaired) electrons. The number of halogens is 3. The van der Waals surface area contributed by atoms with Crippen LogP contribution in [-0.4, -0.2) is 40.7 Å². The predicted octanol–water partition coefficient (Wildman–Crippen LogP) is 2.52. The van der Waals surface area contributed by atoms with Gasteiger partial charge in [0.15, 0.2) is 11.9 Å². The van der Waals surface area contributed by atoms with Gasteiger partial charge in [-0.25, -0.2) is 8.78 Å². The Labute approximate surface area is 135 Å². The van der Waals surface area contributed by atoms with Crippen LogP contribution in [0.15, 0.2) is 16.5 Å². The van der Waals surface area contributed by atoms with Crippen molar-refractivity contribution in [2.24, 2.45) is 0 Å². The highest BCUT2D eigenvalue weighted by Gasteiger charge is 2.31. The number of amides is 1. The minimum Gasteiger partial charge on any atom is -0.423 e. The van der Waals surface area contributed by atoms with Gasteiger partial charge in [0.2, 0.25) is 11.8 Å². The van der Waals surface area contributed by atoms with Crippen LogP contribution in [0.3, 0.4) is 0 Å². The molecule has 0 saturated carbocycles. The van der Waals surface area contributed by atoms with Crippen LogP contribution in [-0.2, 0) is 4.74 Å². The van der Waals surface area contributed by atoms with Gasteiger partial charge in [-0.3, -0.25) is 4.79 Å². The summed E-state index contributed by atoms with van der Waals surface area (Å²) >= 11 is 5.51. The largest absolute Gasteiger partial charge is 0.423 e. The molecule has 3 rings (SSSR count). The maximum absolute atomic E-state index is 14.0. The minimum atomic E-state index is -1.08. The molecule has 1 aliphatic rings. The maximum atomic E-state index is 14.0. The maximum Gasteiger partial charge on any atom is 0.257 e. The van der Waals surface area contributed by atoms with Crippen molar-refractivity contribution in [3.8, 4) is 0 Å². The third-order valence-electron chi connectivity index (χ3n) is 3.44. The number of ether oxygens (including phenoxy) is 1. The summed E-state index contributed by atoms with van der Waals surface area (Å²) in [5, 5.41) is 6.86. The SMILES string of the molecule is Cc1nnc(C2CN(C(=O)c3ccc(F)c(Cl)c3F)CCO2)o1. The van der Waals surface area contributed by atoms with Crippen LogP contribution in [0.25, 0.3) is 0 Å². The summed E-state index contributed by atoms with van der Waals surface area (Å²) in [6.45, 7) is 2.25. The molecule has 23 heavy (non-hydrogen) atoms. The summed E-state index contributed by atoms with van der Waals surface area (Å²) < 4.78 is 38.0. The third kappa shape index (κ3) is 3.04. The predicted molar refractivity (Wildman–Crippen MR) is 75.0 cm³/mol. The molecular formula is C14H12ClF2N3O3. The second kappa shape index (κ2) is 6.21. The molecule has 2 aromatic rings. The van der Waals surface area contributed by atoms with E-state index in [-0.39, 0.29) is 31.2 Å². The first-order valence-electron chi connectivity index (χ1n) is 6.81. The van der Waals surface area contributed by atoms with Crippen molar-refractivity contribution < 1.29 is 22.7 Å². The minimum absolute atomic E-state index is 0.120. The average Bonchev–Trinajstić information content (AvgIpc) is 2.99. The first-order chi connectivity index (χ1) is 11.0. The zero-order valence-electron chi connectivity index (χ0n) is 12.1. The van der Waals surface area contributed by atoms with E-state index in [1.165, 1.54) is 4.90 Å². The fourth-order valence-electron chi connectivity index (χ4n) is 2.29. The summed E-state index contributed by atoms with van der Waals surface area (Å²) in [5.41, 5.74) is -0.293. The highest BCUT2D eigenvalue weighted by Crippen LogP contribution is 2.26. The number of hydrogen-bond acceptors (Lipinski definition) is 5. The van der Waals surface area contributed by atoms with Crippen molar-refractivity contribution in [2.75, 3.05) is 19.7 Å². The number of carbonyl (C=O) groups excluding carboxylic acids is 1. The zero-order chi connectivity index (χ0) is 16.6. The molecule has 122 valence electrons. The molecular weight excluding hydrogens is 332 g/mol. The second-order valence-electron chi connectivity index (χ2n) is 4.99. The Hall–Kier alpha value is -2.06. The van der Waals surface area contributed by atoms with Crippen molar-refractivity contribution in [1.82, 2.24) is 15.1 Å². The van der Waals surface area contributed by atoms with Gasteiger partial charge in [0.1, 0.15) is 10.8 Å². The Morgan fingerprint density at radius 2 is 2.17 bits per heavy atom. The number of aromatic nitrogens is 2. The van der Waals surface area contributed by atoms with Gasteiger partial charge in [-0.2, -0.15) is 0 Å². The van der Waals surface area contributed by atoms with Crippen molar-refractivity contribution in [1.29, 1.82) is 0 Å². The van der Waals surface area contributed by atoms with Crippen LogP contribution >= 0.6 is 11.6 Å². The quantitative estimate of drug-likeness (QED) is 0.784. The molecule has 0 aliphatic carbocycles. The lowest BCUT2D eigenvalue weighted by atomic mass is 10.1. The van der Waals surface area contributed by atoms with Gasteiger partial charge in [0, 0.05) is 13.5 Å². The Morgan fingerprint density at radius 3 is 2.87 bits per heavy atom. The van der Waals surface area contributed by atoms with E-state index in [1.807, 2.05) is 0 Å².